The summed E-state index contributed by atoms with van der Waals surface area (Å²) in [4.78, 5) is 0. The average molecular weight is 416 g/mol. The Kier molecular flexibility index (Phi) is 5.67. The van der Waals surface area contributed by atoms with Gasteiger partial charge in [0.05, 0.1) is 22.2 Å². The highest BCUT2D eigenvalue weighted by molar-refractivity contribution is 9.11. The first-order valence-corrected chi connectivity index (χ1v) is 8.12. The molecule has 2 aromatic carbocycles. The van der Waals surface area contributed by atoms with Gasteiger partial charge in [0, 0.05) is 0 Å². The number of methoxy groups -OCH3 is 1. The number of benzene rings is 2. The van der Waals surface area contributed by atoms with E-state index in [0.717, 1.165) is 20.3 Å². The third kappa shape index (κ3) is 3.99. The summed E-state index contributed by atoms with van der Waals surface area (Å²) in [7, 11) is 1.62. The molecule has 0 saturated heterocycles. The molecule has 0 aliphatic carbocycles. The number of ether oxygens (including phenoxy) is 2. The van der Waals surface area contributed by atoms with E-state index < -0.39 is 6.10 Å². The van der Waals surface area contributed by atoms with Gasteiger partial charge in [0.15, 0.2) is 0 Å². The summed E-state index contributed by atoms with van der Waals surface area (Å²) >= 11 is 6.90. The zero-order valence-electron chi connectivity index (χ0n) is 11.8. The number of hydrogen-bond donors (Lipinski definition) is 1. The lowest BCUT2D eigenvalue weighted by Gasteiger charge is -2.12. The van der Waals surface area contributed by atoms with Crippen LogP contribution in [0.3, 0.4) is 0 Å². The van der Waals surface area contributed by atoms with Crippen molar-refractivity contribution in [1.82, 2.24) is 0 Å². The van der Waals surface area contributed by atoms with Crippen molar-refractivity contribution >= 4 is 31.9 Å². The van der Waals surface area contributed by atoms with Gasteiger partial charge in [-0.3, -0.25) is 0 Å². The minimum atomic E-state index is -0.430. The fourth-order valence-electron chi connectivity index (χ4n) is 1.87. The van der Waals surface area contributed by atoms with Crippen LogP contribution in [0.5, 0.6) is 17.2 Å². The van der Waals surface area contributed by atoms with Crippen LogP contribution in [0.4, 0.5) is 0 Å². The predicted molar refractivity (Wildman–Crippen MR) is 90.2 cm³/mol. The van der Waals surface area contributed by atoms with Crippen molar-refractivity contribution in [2.45, 2.75) is 19.4 Å². The van der Waals surface area contributed by atoms with E-state index in [2.05, 4.69) is 31.9 Å². The zero-order chi connectivity index (χ0) is 15.4. The highest BCUT2D eigenvalue weighted by atomic mass is 79.9. The Hall–Kier alpha value is -1.04. The molecule has 0 saturated carbocycles. The molecule has 0 aliphatic heterocycles. The molecule has 0 bridgehead atoms. The quantitative estimate of drug-likeness (QED) is 0.704. The van der Waals surface area contributed by atoms with Crippen molar-refractivity contribution in [2.24, 2.45) is 0 Å². The molecular formula is C16H16Br2O3. The largest absolute Gasteiger partial charge is 0.496 e. The molecule has 5 heteroatoms. The predicted octanol–water partition coefficient (Wildman–Crippen LogP) is 5.46. The monoisotopic (exact) mass is 414 g/mol. The van der Waals surface area contributed by atoms with Crippen molar-refractivity contribution in [3.05, 3.63) is 50.9 Å². The van der Waals surface area contributed by atoms with Gasteiger partial charge in [-0.25, -0.2) is 0 Å². The summed E-state index contributed by atoms with van der Waals surface area (Å²) in [6.45, 7) is 1.95. The Bertz CT molecular complexity index is 612. The lowest BCUT2D eigenvalue weighted by atomic mass is 10.1. The van der Waals surface area contributed by atoms with Crippen LogP contribution in [0, 0.1) is 0 Å². The van der Waals surface area contributed by atoms with Gasteiger partial charge in [0.2, 0.25) is 0 Å². The smallest absolute Gasteiger partial charge is 0.143 e. The topological polar surface area (TPSA) is 38.7 Å². The maximum atomic E-state index is 9.78. The fourth-order valence-corrected chi connectivity index (χ4v) is 2.75. The standard InChI is InChI=1S/C16H16Br2O3/c1-3-14(19)10-4-6-11(7-5-10)21-16-9-12(17)15(20-2)8-13(16)18/h4-9,14,19H,3H2,1-2H3/t14-/m1/s1. The molecule has 3 nitrogen and oxygen atoms in total. The summed E-state index contributed by atoms with van der Waals surface area (Å²) < 4.78 is 12.7. The van der Waals surface area contributed by atoms with Gasteiger partial charge < -0.3 is 14.6 Å². The van der Waals surface area contributed by atoms with Crippen LogP contribution in [-0.4, -0.2) is 12.2 Å². The fraction of sp³-hybridized carbons (Fsp3) is 0.250. The highest BCUT2D eigenvalue weighted by Crippen LogP contribution is 2.38. The Morgan fingerprint density at radius 3 is 2.19 bits per heavy atom. The molecule has 0 aromatic heterocycles. The molecule has 0 radical (unpaired) electrons. The normalized spacial score (nSPS) is 12.0. The van der Waals surface area contributed by atoms with Crippen LogP contribution in [0.1, 0.15) is 25.0 Å². The molecule has 1 N–H and O–H groups in total. The number of aliphatic hydroxyl groups is 1. The Morgan fingerprint density at radius 2 is 1.62 bits per heavy atom. The van der Waals surface area contributed by atoms with Crippen molar-refractivity contribution in [1.29, 1.82) is 0 Å². The molecule has 112 valence electrons. The molecule has 2 aromatic rings. The van der Waals surface area contributed by atoms with Crippen LogP contribution in [0.15, 0.2) is 45.3 Å². The SMILES string of the molecule is CC[C@@H](O)c1ccc(Oc2cc(Br)c(OC)cc2Br)cc1. The van der Waals surface area contributed by atoms with E-state index >= 15 is 0 Å². The lowest BCUT2D eigenvalue weighted by Crippen LogP contribution is -1.95. The minimum Gasteiger partial charge on any atom is -0.496 e. The van der Waals surface area contributed by atoms with E-state index in [-0.39, 0.29) is 0 Å². The minimum absolute atomic E-state index is 0.430. The van der Waals surface area contributed by atoms with E-state index in [1.807, 2.05) is 43.3 Å². The summed E-state index contributed by atoms with van der Waals surface area (Å²) in [5.41, 5.74) is 0.889. The molecule has 1 atom stereocenters. The molecule has 0 heterocycles. The summed E-state index contributed by atoms with van der Waals surface area (Å²) in [6.07, 6.45) is 0.262. The van der Waals surface area contributed by atoms with Crippen LogP contribution >= 0.6 is 31.9 Å². The maximum Gasteiger partial charge on any atom is 0.143 e. The van der Waals surface area contributed by atoms with Crippen molar-refractivity contribution < 1.29 is 14.6 Å². The van der Waals surface area contributed by atoms with Crippen LogP contribution in [0.25, 0.3) is 0 Å². The molecule has 0 amide bonds. The Balaban J connectivity index is 2.20. The molecule has 0 unspecified atom stereocenters. The van der Waals surface area contributed by atoms with Crippen LogP contribution in [-0.2, 0) is 0 Å². The van der Waals surface area contributed by atoms with E-state index in [9.17, 15) is 5.11 Å². The van der Waals surface area contributed by atoms with Gasteiger partial charge >= 0.3 is 0 Å². The van der Waals surface area contributed by atoms with E-state index in [1.165, 1.54) is 0 Å². The number of rotatable bonds is 5. The van der Waals surface area contributed by atoms with Gasteiger partial charge in [-0.05, 0) is 68.1 Å². The Morgan fingerprint density at radius 1 is 1.05 bits per heavy atom. The van der Waals surface area contributed by atoms with Gasteiger partial charge in [0.25, 0.3) is 0 Å². The molecule has 0 fully saturated rings. The second kappa shape index (κ2) is 7.29. The number of hydrogen-bond acceptors (Lipinski definition) is 3. The molecule has 0 spiro atoms. The van der Waals surface area contributed by atoms with Gasteiger partial charge in [0.1, 0.15) is 17.2 Å². The zero-order valence-corrected chi connectivity index (χ0v) is 14.9. The van der Waals surface area contributed by atoms with Crippen LogP contribution in [0.2, 0.25) is 0 Å². The molecule has 21 heavy (non-hydrogen) atoms. The molecule has 0 aliphatic rings. The van der Waals surface area contributed by atoms with Gasteiger partial charge in [-0.2, -0.15) is 0 Å². The first-order valence-electron chi connectivity index (χ1n) is 6.54. The number of aliphatic hydroxyl groups excluding tert-OH is 1. The third-order valence-electron chi connectivity index (χ3n) is 3.09. The summed E-state index contributed by atoms with van der Waals surface area (Å²) in [5.74, 6) is 2.13. The van der Waals surface area contributed by atoms with E-state index in [0.29, 0.717) is 17.9 Å². The molecular weight excluding hydrogens is 400 g/mol. The summed E-state index contributed by atoms with van der Waals surface area (Å²) in [5, 5.41) is 9.78. The second-order valence-corrected chi connectivity index (χ2v) is 6.22. The molecule has 2 rings (SSSR count). The van der Waals surface area contributed by atoms with Crippen molar-refractivity contribution in [3.63, 3.8) is 0 Å². The van der Waals surface area contributed by atoms with Crippen molar-refractivity contribution in [3.8, 4) is 17.2 Å². The maximum absolute atomic E-state index is 9.78. The van der Waals surface area contributed by atoms with Gasteiger partial charge in [-0.1, -0.05) is 19.1 Å². The first-order chi connectivity index (χ1) is 10.0. The number of halogens is 2. The third-order valence-corrected chi connectivity index (χ3v) is 4.33. The lowest BCUT2D eigenvalue weighted by molar-refractivity contribution is 0.173. The first kappa shape index (κ1) is 16.3. The average Bonchev–Trinajstić information content (AvgIpc) is 2.50. The summed E-state index contributed by atoms with van der Waals surface area (Å²) in [6, 6.07) is 11.1. The van der Waals surface area contributed by atoms with Gasteiger partial charge in [-0.15, -0.1) is 0 Å². The van der Waals surface area contributed by atoms with E-state index in [1.54, 1.807) is 7.11 Å². The second-order valence-electron chi connectivity index (χ2n) is 4.51. The Labute approximate surface area is 141 Å². The highest BCUT2D eigenvalue weighted by Gasteiger charge is 2.10. The van der Waals surface area contributed by atoms with Crippen molar-refractivity contribution in [2.75, 3.05) is 7.11 Å². The van der Waals surface area contributed by atoms with Crippen LogP contribution < -0.4 is 9.47 Å². The van der Waals surface area contributed by atoms with E-state index in [4.69, 9.17) is 9.47 Å².